The maximum Gasteiger partial charge on any atom is 0.573 e. The third kappa shape index (κ3) is 5.54. The van der Waals surface area contributed by atoms with Crippen LogP contribution in [0.2, 0.25) is 0 Å². The summed E-state index contributed by atoms with van der Waals surface area (Å²) in [6.45, 7) is 3.51. The molecule has 0 radical (unpaired) electrons. The number of hydrogen-bond acceptors (Lipinski definition) is 7. The average molecular weight is 475 g/mol. The third-order valence-corrected chi connectivity index (χ3v) is 5.07. The number of nitrogens with one attached hydrogen (secondary N) is 2. The van der Waals surface area contributed by atoms with E-state index in [0.29, 0.717) is 44.8 Å². The van der Waals surface area contributed by atoms with E-state index in [2.05, 4.69) is 19.9 Å². The lowest BCUT2D eigenvalue weighted by atomic mass is 10.0. The normalized spacial score (nSPS) is 13.9. The number of fused-ring (bicyclic) bond motifs is 1. The van der Waals surface area contributed by atoms with E-state index in [4.69, 9.17) is 20.6 Å². The zero-order valence-electron chi connectivity index (χ0n) is 18.9. The standard InChI is InChI=1S/C23H24F3N5O3/c1-12(11-27)20(13(2)29-3)22(28)33-15-5-6-19-18(10-15)21(31-30-19)14-7-16(32-4)9-17(8-14)34-23(24,25)26/h5-11,22,27H,28H2,1-4H3,(H,30,31)/b20-12+,27-11?,29-13?/t22-/m0/s1. The second-order valence-corrected chi connectivity index (χ2v) is 7.31. The van der Waals surface area contributed by atoms with Crippen LogP contribution in [0.4, 0.5) is 13.2 Å². The Morgan fingerprint density at radius 2 is 1.85 bits per heavy atom. The molecule has 3 rings (SSSR count). The summed E-state index contributed by atoms with van der Waals surface area (Å²) in [7, 11) is 2.96. The lowest BCUT2D eigenvalue weighted by Gasteiger charge is -2.19. The molecule has 1 atom stereocenters. The quantitative estimate of drug-likeness (QED) is 0.318. The molecule has 1 aromatic heterocycles. The molecule has 4 N–H and O–H groups in total. The lowest BCUT2D eigenvalue weighted by molar-refractivity contribution is -0.274. The number of aromatic amines is 1. The second-order valence-electron chi connectivity index (χ2n) is 7.31. The molecule has 0 amide bonds. The number of ether oxygens (including phenoxy) is 3. The van der Waals surface area contributed by atoms with Crippen LogP contribution in [-0.2, 0) is 0 Å². The predicted molar refractivity (Wildman–Crippen MR) is 124 cm³/mol. The van der Waals surface area contributed by atoms with Crippen LogP contribution in [0.3, 0.4) is 0 Å². The van der Waals surface area contributed by atoms with Crippen LogP contribution in [0.15, 0.2) is 52.5 Å². The van der Waals surface area contributed by atoms with Crippen LogP contribution in [0.1, 0.15) is 13.8 Å². The first-order valence-electron chi connectivity index (χ1n) is 10.1. The van der Waals surface area contributed by atoms with E-state index in [1.54, 1.807) is 45.2 Å². The monoisotopic (exact) mass is 475 g/mol. The Morgan fingerprint density at radius 1 is 1.15 bits per heavy atom. The first-order valence-corrected chi connectivity index (χ1v) is 10.1. The molecule has 0 aliphatic heterocycles. The smallest absolute Gasteiger partial charge is 0.497 e. The summed E-state index contributed by atoms with van der Waals surface area (Å²) in [4.78, 5) is 4.14. The van der Waals surface area contributed by atoms with Gasteiger partial charge < -0.3 is 19.6 Å². The van der Waals surface area contributed by atoms with Crippen molar-refractivity contribution in [3.63, 3.8) is 0 Å². The minimum absolute atomic E-state index is 0.175. The maximum atomic E-state index is 12.8. The number of nitrogens with two attached hydrogens (primary N) is 1. The molecular weight excluding hydrogens is 451 g/mol. The number of aromatic nitrogens is 2. The predicted octanol–water partition coefficient (Wildman–Crippen LogP) is 4.86. The fourth-order valence-corrected chi connectivity index (χ4v) is 3.42. The molecule has 0 spiro atoms. The fourth-order valence-electron chi connectivity index (χ4n) is 3.42. The molecule has 0 aliphatic rings. The summed E-state index contributed by atoms with van der Waals surface area (Å²) in [6, 6.07) is 8.98. The van der Waals surface area contributed by atoms with Gasteiger partial charge in [0.05, 0.1) is 12.6 Å². The van der Waals surface area contributed by atoms with Crippen LogP contribution >= 0.6 is 0 Å². The van der Waals surface area contributed by atoms with Crippen molar-refractivity contribution >= 4 is 22.8 Å². The number of benzene rings is 2. The van der Waals surface area contributed by atoms with Crippen molar-refractivity contribution in [2.24, 2.45) is 10.7 Å². The molecule has 2 aromatic carbocycles. The molecule has 34 heavy (non-hydrogen) atoms. The molecule has 0 unspecified atom stereocenters. The van der Waals surface area contributed by atoms with Crippen LogP contribution in [0, 0.1) is 5.41 Å². The van der Waals surface area contributed by atoms with Gasteiger partial charge in [-0.2, -0.15) is 5.10 Å². The lowest BCUT2D eigenvalue weighted by Crippen LogP contribution is -2.33. The van der Waals surface area contributed by atoms with Gasteiger partial charge in [0.1, 0.15) is 22.9 Å². The van der Waals surface area contributed by atoms with Crippen LogP contribution in [0.5, 0.6) is 17.2 Å². The molecule has 3 aromatic rings. The molecule has 8 nitrogen and oxygen atoms in total. The Balaban J connectivity index is 2.02. The molecule has 0 aliphatic carbocycles. The Labute approximate surface area is 193 Å². The van der Waals surface area contributed by atoms with Crippen LogP contribution in [-0.4, -0.2) is 48.9 Å². The third-order valence-electron chi connectivity index (χ3n) is 5.07. The Hall–Kier alpha value is -3.86. The number of rotatable bonds is 8. The van der Waals surface area contributed by atoms with Crippen LogP contribution in [0.25, 0.3) is 22.2 Å². The topological polar surface area (TPSA) is 119 Å². The molecule has 0 saturated carbocycles. The van der Waals surface area contributed by atoms with E-state index in [1.807, 2.05) is 0 Å². The molecule has 0 saturated heterocycles. The van der Waals surface area contributed by atoms with Crippen molar-refractivity contribution in [1.29, 1.82) is 5.41 Å². The highest BCUT2D eigenvalue weighted by molar-refractivity contribution is 6.03. The zero-order valence-corrected chi connectivity index (χ0v) is 18.9. The van der Waals surface area contributed by atoms with Gasteiger partial charge in [-0.1, -0.05) is 0 Å². The minimum atomic E-state index is -4.85. The summed E-state index contributed by atoms with van der Waals surface area (Å²) in [6.07, 6.45) is -4.58. The van der Waals surface area contributed by atoms with E-state index in [1.165, 1.54) is 19.4 Å². The number of methoxy groups -OCH3 is 1. The highest BCUT2D eigenvalue weighted by atomic mass is 19.4. The molecular formula is C23H24F3N5O3. The maximum absolute atomic E-state index is 12.8. The fraction of sp³-hybridized carbons (Fsp3) is 0.261. The molecule has 0 bridgehead atoms. The van der Waals surface area contributed by atoms with Gasteiger partial charge in [-0.15, -0.1) is 13.2 Å². The molecule has 0 fully saturated rings. The van der Waals surface area contributed by atoms with E-state index in [0.717, 1.165) is 6.07 Å². The molecule has 1 heterocycles. The highest BCUT2D eigenvalue weighted by Gasteiger charge is 2.31. The number of nitrogens with zero attached hydrogens (tertiary/aromatic N) is 2. The second kappa shape index (κ2) is 9.96. The van der Waals surface area contributed by atoms with Crippen molar-refractivity contribution < 1.29 is 27.4 Å². The molecule has 180 valence electrons. The SMILES string of the molecule is CN=C(C)/C(=C(/C)C=N)[C@@H](N)Oc1ccc2[nH]nc(-c3cc(OC)cc(OC(F)(F)F)c3)c2c1. The molecule has 11 heteroatoms. The number of H-pyrrole nitrogens is 1. The summed E-state index contributed by atoms with van der Waals surface area (Å²) >= 11 is 0. The van der Waals surface area contributed by atoms with Crippen molar-refractivity contribution in [3.8, 4) is 28.5 Å². The summed E-state index contributed by atoms with van der Waals surface area (Å²) in [5, 5.41) is 15.2. The van der Waals surface area contributed by atoms with Gasteiger partial charge in [0.25, 0.3) is 0 Å². The number of halogens is 3. The van der Waals surface area contributed by atoms with Gasteiger partial charge in [0.15, 0.2) is 6.23 Å². The average Bonchev–Trinajstić information content (AvgIpc) is 3.20. The number of aliphatic imine (C=N–C) groups is 1. The minimum Gasteiger partial charge on any atom is -0.497 e. The van der Waals surface area contributed by atoms with Gasteiger partial charge in [-0.05, 0) is 49.8 Å². The zero-order chi connectivity index (χ0) is 25.0. The Bertz CT molecular complexity index is 1260. The Kier molecular flexibility index (Phi) is 7.26. The highest BCUT2D eigenvalue weighted by Crippen LogP contribution is 2.36. The Morgan fingerprint density at radius 3 is 2.47 bits per heavy atom. The first-order chi connectivity index (χ1) is 16.1. The number of hydrogen-bond donors (Lipinski definition) is 3. The van der Waals surface area contributed by atoms with Gasteiger partial charge >= 0.3 is 6.36 Å². The van der Waals surface area contributed by atoms with E-state index in [9.17, 15) is 13.2 Å². The van der Waals surface area contributed by atoms with E-state index in [-0.39, 0.29) is 5.75 Å². The van der Waals surface area contributed by atoms with Gasteiger partial charge in [0, 0.05) is 41.6 Å². The van der Waals surface area contributed by atoms with E-state index < -0.39 is 18.3 Å². The van der Waals surface area contributed by atoms with Gasteiger partial charge in [0.2, 0.25) is 0 Å². The van der Waals surface area contributed by atoms with Crippen molar-refractivity contribution in [2.75, 3.05) is 14.2 Å². The first kappa shape index (κ1) is 24.8. The largest absolute Gasteiger partial charge is 0.573 e. The summed E-state index contributed by atoms with van der Waals surface area (Å²) in [5.41, 5.74) is 9.43. The summed E-state index contributed by atoms with van der Waals surface area (Å²) < 4.78 is 53.4. The van der Waals surface area contributed by atoms with Crippen molar-refractivity contribution in [2.45, 2.75) is 26.4 Å². The van der Waals surface area contributed by atoms with Crippen LogP contribution < -0.4 is 19.9 Å². The number of alkyl halides is 3. The van der Waals surface area contributed by atoms with Gasteiger partial charge in [-0.3, -0.25) is 15.8 Å². The van der Waals surface area contributed by atoms with Crippen molar-refractivity contribution in [3.05, 3.63) is 47.5 Å². The van der Waals surface area contributed by atoms with Gasteiger partial charge in [-0.25, -0.2) is 0 Å². The number of allylic oxidation sites excluding steroid dienone is 1. The summed E-state index contributed by atoms with van der Waals surface area (Å²) in [5.74, 6) is 0.142. The van der Waals surface area contributed by atoms with E-state index >= 15 is 0 Å². The van der Waals surface area contributed by atoms with Crippen molar-refractivity contribution in [1.82, 2.24) is 10.2 Å².